The van der Waals surface area contributed by atoms with Crippen LogP contribution < -0.4 is 15.1 Å². The van der Waals surface area contributed by atoms with Crippen molar-refractivity contribution in [2.24, 2.45) is 0 Å². The lowest BCUT2D eigenvalue weighted by atomic mass is 10.2. The van der Waals surface area contributed by atoms with Gasteiger partial charge in [0.1, 0.15) is 12.1 Å². The first kappa shape index (κ1) is 16.8. The summed E-state index contributed by atoms with van der Waals surface area (Å²) < 4.78 is 6.96. The number of rotatable bonds is 1. The molecule has 0 bridgehead atoms. The molecule has 4 heterocycles. The Morgan fingerprint density at radius 3 is 2.86 bits per heavy atom. The standard InChI is InChI=1S/C20H20N6O2/c27-20(25-7-6-21-14-25)26-13-15-2-1-5-22-19(15)23-17-4-3-16(12-18(17)26)24-8-10-28-11-9-24/h1-7,12,14H,8-11,13H2,(H,22,23). The minimum atomic E-state index is -0.156. The molecule has 8 heteroatoms. The molecule has 142 valence electrons. The SMILES string of the molecule is O=C(N1Cc2cccnc2Nc2ccc(N3CCOCC3)cc21)n1ccnc1. The first-order valence-corrected chi connectivity index (χ1v) is 9.27. The summed E-state index contributed by atoms with van der Waals surface area (Å²) in [6.07, 6.45) is 6.54. The second kappa shape index (κ2) is 6.97. The fraction of sp³-hybridized carbons (Fsp3) is 0.250. The van der Waals surface area contributed by atoms with Crippen molar-refractivity contribution in [2.75, 3.05) is 41.4 Å². The van der Waals surface area contributed by atoms with Crippen LogP contribution in [0.15, 0.2) is 55.2 Å². The van der Waals surface area contributed by atoms with Crippen LogP contribution in [0.1, 0.15) is 5.56 Å². The molecule has 1 amide bonds. The average molecular weight is 376 g/mol. The van der Waals surface area contributed by atoms with E-state index in [4.69, 9.17) is 4.74 Å². The zero-order valence-corrected chi connectivity index (χ0v) is 15.3. The highest BCUT2D eigenvalue weighted by atomic mass is 16.5. The Morgan fingerprint density at radius 1 is 1.14 bits per heavy atom. The number of hydrogen-bond donors (Lipinski definition) is 1. The Kier molecular flexibility index (Phi) is 4.17. The predicted octanol–water partition coefficient (Wildman–Crippen LogP) is 2.85. The number of amides is 1. The van der Waals surface area contributed by atoms with Crippen LogP contribution in [0.5, 0.6) is 0 Å². The lowest BCUT2D eigenvalue weighted by molar-refractivity contribution is 0.122. The molecule has 2 aliphatic rings. The van der Waals surface area contributed by atoms with Crippen LogP contribution >= 0.6 is 0 Å². The van der Waals surface area contributed by atoms with E-state index in [2.05, 4.69) is 32.3 Å². The average Bonchev–Trinajstić information content (AvgIpc) is 3.23. The normalized spacial score (nSPS) is 16.0. The van der Waals surface area contributed by atoms with Crippen molar-refractivity contribution in [1.82, 2.24) is 14.5 Å². The van der Waals surface area contributed by atoms with Crippen molar-refractivity contribution in [3.8, 4) is 0 Å². The number of carbonyl (C=O) groups is 1. The van der Waals surface area contributed by atoms with Gasteiger partial charge < -0.3 is 15.0 Å². The number of nitrogens with zero attached hydrogens (tertiary/aromatic N) is 5. The summed E-state index contributed by atoms with van der Waals surface area (Å²) in [6, 6.07) is 9.86. The lowest BCUT2D eigenvalue weighted by Crippen LogP contribution is -2.37. The molecule has 2 aliphatic heterocycles. The van der Waals surface area contributed by atoms with Crippen molar-refractivity contribution in [3.05, 3.63) is 60.8 Å². The lowest BCUT2D eigenvalue weighted by Gasteiger charge is -2.30. The van der Waals surface area contributed by atoms with Gasteiger partial charge in [0.2, 0.25) is 0 Å². The highest BCUT2D eigenvalue weighted by Crippen LogP contribution is 2.38. The van der Waals surface area contributed by atoms with Crippen molar-refractivity contribution < 1.29 is 9.53 Å². The van der Waals surface area contributed by atoms with Crippen LogP contribution in [0.3, 0.4) is 0 Å². The second-order valence-corrected chi connectivity index (χ2v) is 6.78. The number of imidazole rings is 1. The van der Waals surface area contributed by atoms with Gasteiger partial charge in [0, 0.05) is 42.9 Å². The number of aromatic nitrogens is 3. The Labute approximate surface area is 162 Å². The molecule has 0 saturated carbocycles. The Hall–Kier alpha value is -3.39. The molecule has 0 radical (unpaired) electrons. The summed E-state index contributed by atoms with van der Waals surface area (Å²) in [4.78, 5) is 25.8. The van der Waals surface area contributed by atoms with Crippen molar-refractivity contribution >= 4 is 28.9 Å². The third-order valence-electron chi connectivity index (χ3n) is 5.08. The van der Waals surface area contributed by atoms with Crippen LogP contribution in [-0.4, -0.2) is 46.9 Å². The molecule has 2 aromatic heterocycles. The maximum Gasteiger partial charge on any atom is 0.334 e. The van der Waals surface area contributed by atoms with E-state index in [9.17, 15) is 4.79 Å². The molecule has 8 nitrogen and oxygen atoms in total. The van der Waals surface area contributed by atoms with E-state index < -0.39 is 0 Å². The number of nitrogens with one attached hydrogen (secondary N) is 1. The molecule has 1 N–H and O–H groups in total. The predicted molar refractivity (Wildman–Crippen MR) is 106 cm³/mol. The molecule has 0 unspecified atom stereocenters. The van der Waals surface area contributed by atoms with Crippen LogP contribution in [0.4, 0.5) is 27.7 Å². The molecular formula is C20H20N6O2. The summed E-state index contributed by atoms with van der Waals surface area (Å²) in [6.45, 7) is 3.52. The molecule has 0 atom stereocenters. The van der Waals surface area contributed by atoms with Gasteiger partial charge in [-0.1, -0.05) is 6.07 Å². The summed E-state index contributed by atoms with van der Waals surface area (Å²) in [5, 5.41) is 3.39. The topological polar surface area (TPSA) is 75.5 Å². The van der Waals surface area contributed by atoms with Crippen molar-refractivity contribution in [1.29, 1.82) is 0 Å². The monoisotopic (exact) mass is 376 g/mol. The molecule has 0 aliphatic carbocycles. The number of pyridine rings is 1. The minimum absolute atomic E-state index is 0.156. The summed E-state index contributed by atoms with van der Waals surface area (Å²) in [7, 11) is 0. The number of benzene rings is 1. The van der Waals surface area contributed by atoms with E-state index in [1.54, 1.807) is 23.5 Å². The maximum absolute atomic E-state index is 13.2. The van der Waals surface area contributed by atoms with E-state index >= 15 is 0 Å². The Balaban J connectivity index is 1.60. The van der Waals surface area contributed by atoms with Gasteiger partial charge in [-0.3, -0.25) is 9.47 Å². The van der Waals surface area contributed by atoms with E-state index in [1.807, 2.05) is 18.2 Å². The third-order valence-corrected chi connectivity index (χ3v) is 5.08. The molecule has 5 rings (SSSR count). The van der Waals surface area contributed by atoms with Gasteiger partial charge in [0.15, 0.2) is 0 Å². The molecule has 0 spiro atoms. The molecular weight excluding hydrogens is 356 g/mol. The first-order valence-electron chi connectivity index (χ1n) is 9.27. The number of anilines is 4. The van der Waals surface area contributed by atoms with Crippen LogP contribution in [0.25, 0.3) is 0 Å². The molecule has 3 aromatic rings. The third kappa shape index (κ3) is 2.97. The Morgan fingerprint density at radius 2 is 2.04 bits per heavy atom. The largest absolute Gasteiger partial charge is 0.378 e. The van der Waals surface area contributed by atoms with Crippen molar-refractivity contribution in [2.45, 2.75) is 6.54 Å². The zero-order valence-electron chi connectivity index (χ0n) is 15.3. The van der Waals surface area contributed by atoms with Crippen LogP contribution in [0.2, 0.25) is 0 Å². The van der Waals surface area contributed by atoms with Crippen LogP contribution in [-0.2, 0) is 11.3 Å². The first-order chi connectivity index (χ1) is 13.8. The molecule has 1 fully saturated rings. The smallest absolute Gasteiger partial charge is 0.334 e. The van der Waals surface area contributed by atoms with E-state index in [-0.39, 0.29) is 6.03 Å². The van der Waals surface area contributed by atoms with E-state index in [0.29, 0.717) is 19.8 Å². The van der Waals surface area contributed by atoms with Gasteiger partial charge in [-0.2, -0.15) is 0 Å². The fourth-order valence-corrected chi connectivity index (χ4v) is 3.61. The summed E-state index contributed by atoms with van der Waals surface area (Å²) >= 11 is 0. The number of morpholine rings is 1. The summed E-state index contributed by atoms with van der Waals surface area (Å²) in [5.74, 6) is 0.767. The highest BCUT2D eigenvalue weighted by Gasteiger charge is 2.26. The van der Waals surface area contributed by atoms with Gasteiger partial charge in [0.25, 0.3) is 0 Å². The number of ether oxygens (including phenoxy) is 1. The van der Waals surface area contributed by atoms with Gasteiger partial charge in [-0.05, 0) is 24.3 Å². The maximum atomic E-state index is 13.2. The quantitative estimate of drug-likeness (QED) is 0.704. The van der Waals surface area contributed by atoms with Crippen molar-refractivity contribution in [3.63, 3.8) is 0 Å². The van der Waals surface area contributed by atoms with Gasteiger partial charge >= 0.3 is 6.03 Å². The second-order valence-electron chi connectivity index (χ2n) is 6.78. The van der Waals surface area contributed by atoms with Gasteiger partial charge in [-0.15, -0.1) is 0 Å². The fourth-order valence-electron chi connectivity index (χ4n) is 3.61. The molecule has 1 saturated heterocycles. The highest BCUT2D eigenvalue weighted by molar-refractivity contribution is 5.99. The van der Waals surface area contributed by atoms with E-state index in [0.717, 1.165) is 41.5 Å². The minimum Gasteiger partial charge on any atom is -0.378 e. The molecule has 1 aromatic carbocycles. The zero-order chi connectivity index (χ0) is 18.9. The number of hydrogen-bond acceptors (Lipinski definition) is 6. The number of carbonyl (C=O) groups excluding carboxylic acids is 1. The van der Waals surface area contributed by atoms with E-state index in [1.165, 1.54) is 10.9 Å². The summed E-state index contributed by atoms with van der Waals surface area (Å²) in [5.41, 5.74) is 3.70. The van der Waals surface area contributed by atoms with Gasteiger partial charge in [0.05, 0.1) is 31.1 Å². The Bertz CT molecular complexity index is 998. The van der Waals surface area contributed by atoms with Crippen LogP contribution in [0, 0.1) is 0 Å². The number of fused-ring (bicyclic) bond motifs is 2. The van der Waals surface area contributed by atoms with Gasteiger partial charge in [-0.25, -0.2) is 14.8 Å². The molecule has 28 heavy (non-hydrogen) atoms.